The highest BCUT2D eigenvalue weighted by molar-refractivity contribution is 4.79. The minimum absolute atomic E-state index is 0.0628. The molecule has 2 rings (SSSR count). The zero-order chi connectivity index (χ0) is 10.7. The Bertz CT molecular complexity index is 358. The third-order valence-electron chi connectivity index (χ3n) is 2.79. The van der Waals surface area contributed by atoms with E-state index in [1.807, 2.05) is 0 Å². The number of nitrogens with one attached hydrogen (secondary N) is 1. The van der Waals surface area contributed by atoms with E-state index in [0.717, 1.165) is 26.2 Å². The lowest BCUT2D eigenvalue weighted by molar-refractivity contribution is -0.0346. The second kappa shape index (κ2) is 4.63. The van der Waals surface area contributed by atoms with Crippen molar-refractivity contribution in [1.29, 1.82) is 0 Å². The summed E-state index contributed by atoms with van der Waals surface area (Å²) in [5.74, 6) is 0. The van der Waals surface area contributed by atoms with Crippen LogP contribution in [0.2, 0.25) is 0 Å². The largest absolute Gasteiger partial charge is 0.374 e. The Hall–Kier alpha value is -1.07. The summed E-state index contributed by atoms with van der Waals surface area (Å²) in [5, 5.41) is 0. The van der Waals surface area contributed by atoms with Crippen LogP contribution in [0.5, 0.6) is 0 Å². The molecule has 1 fully saturated rings. The minimum atomic E-state index is -0.0628. The molecular weight excluding hydrogens is 194 g/mol. The highest BCUT2D eigenvalue weighted by Crippen LogP contribution is 2.06. The normalized spacial score (nSPS) is 23.1. The summed E-state index contributed by atoms with van der Waals surface area (Å²) in [6, 6.07) is 0. The summed E-state index contributed by atoms with van der Waals surface area (Å²) in [7, 11) is 0. The van der Waals surface area contributed by atoms with Gasteiger partial charge < -0.3 is 9.72 Å². The van der Waals surface area contributed by atoms with E-state index in [2.05, 4.69) is 16.8 Å². The Labute approximate surface area is 88.7 Å². The van der Waals surface area contributed by atoms with Crippen molar-refractivity contribution in [3.63, 3.8) is 0 Å². The third-order valence-corrected chi connectivity index (χ3v) is 2.79. The molecule has 0 radical (unpaired) electrons. The summed E-state index contributed by atoms with van der Waals surface area (Å²) in [4.78, 5) is 16.2. The number of morpholine rings is 1. The molecule has 1 atom stereocenters. The molecule has 0 bridgehead atoms. The van der Waals surface area contributed by atoms with Crippen LogP contribution in [0.25, 0.3) is 0 Å². The van der Waals surface area contributed by atoms with E-state index in [-0.39, 0.29) is 11.8 Å². The lowest BCUT2D eigenvalue weighted by atomic mass is 10.2. The summed E-state index contributed by atoms with van der Waals surface area (Å²) in [6.07, 6.45) is 3.55. The number of H-pyrrole nitrogens is 1. The summed E-state index contributed by atoms with van der Waals surface area (Å²) in [5.41, 5.74) is -0.0628. The molecule has 1 aliphatic heterocycles. The number of hydrogen-bond donors (Lipinski definition) is 1. The summed E-state index contributed by atoms with van der Waals surface area (Å²) >= 11 is 0. The van der Waals surface area contributed by atoms with Gasteiger partial charge in [0.2, 0.25) is 0 Å². The van der Waals surface area contributed by atoms with E-state index in [4.69, 9.17) is 4.74 Å². The predicted octanol–water partition coefficient (Wildman–Crippen LogP) is -0.103. The monoisotopic (exact) mass is 211 g/mol. The minimum Gasteiger partial charge on any atom is -0.374 e. The van der Waals surface area contributed by atoms with E-state index in [0.29, 0.717) is 6.54 Å². The van der Waals surface area contributed by atoms with Gasteiger partial charge in [0.25, 0.3) is 0 Å². The predicted molar refractivity (Wildman–Crippen MR) is 56.9 cm³/mol. The van der Waals surface area contributed by atoms with E-state index in [9.17, 15) is 4.79 Å². The van der Waals surface area contributed by atoms with Gasteiger partial charge in [0, 0.05) is 25.5 Å². The highest BCUT2D eigenvalue weighted by atomic mass is 16.5. The smallest absolute Gasteiger partial charge is 0.325 e. The topological polar surface area (TPSA) is 50.3 Å². The van der Waals surface area contributed by atoms with Gasteiger partial charge in [-0.3, -0.25) is 9.47 Å². The molecule has 1 unspecified atom stereocenters. The van der Waals surface area contributed by atoms with Gasteiger partial charge in [-0.25, -0.2) is 4.79 Å². The molecule has 15 heavy (non-hydrogen) atoms. The van der Waals surface area contributed by atoms with Crippen LogP contribution in [-0.2, 0) is 11.3 Å². The van der Waals surface area contributed by atoms with Crippen molar-refractivity contribution in [3.05, 3.63) is 22.9 Å². The van der Waals surface area contributed by atoms with Crippen LogP contribution in [0.4, 0.5) is 0 Å². The molecule has 1 N–H and O–H groups in total. The van der Waals surface area contributed by atoms with Crippen molar-refractivity contribution in [2.45, 2.75) is 19.6 Å². The standard InChI is InChI=1S/C10H17N3O2/c1-2-12-5-6-15-9(7-12)8-13-4-3-11-10(13)14/h3-4,9H,2,5-8H2,1H3,(H,11,14). The first-order valence-electron chi connectivity index (χ1n) is 5.37. The average Bonchev–Trinajstić information content (AvgIpc) is 2.65. The Kier molecular flexibility index (Phi) is 3.23. The van der Waals surface area contributed by atoms with Crippen LogP contribution < -0.4 is 5.69 Å². The Morgan fingerprint density at radius 1 is 1.67 bits per heavy atom. The SMILES string of the molecule is CCN1CCOC(Cn2cc[nH]c2=O)C1. The van der Waals surface area contributed by atoms with Crippen molar-refractivity contribution in [3.8, 4) is 0 Å². The van der Waals surface area contributed by atoms with Gasteiger partial charge in [-0.2, -0.15) is 0 Å². The van der Waals surface area contributed by atoms with Gasteiger partial charge >= 0.3 is 5.69 Å². The zero-order valence-corrected chi connectivity index (χ0v) is 8.98. The lowest BCUT2D eigenvalue weighted by Crippen LogP contribution is -2.44. The quantitative estimate of drug-likeness (QED) is 0.759. The molecule has 0 aliphatic carbocycles. The first kappa shape index (κ1) is 10.4. The van der Waals surface area contributed by atoms with Crippen LogP contribution in [0.15, 0.2) is 17.2 Å². The van der Waals surface area contributed by atoms with Crippen molar-refractivity contribution < 1.29 is 4.74 Å². The number of nitrogens with zero attached hydrogens (tertiary/aromatic N) is 2. The van der Waals surface area contributed by atoms with E-state index >= 15 is 0 Å². The van der Waals surface area contributed by atoms with Crippen LogP contribution >= 0.6 is 0 Å². The fraction of sp³-hybridized carbons (Fsp3) is 0.700. The molecule has 5 nitrogen and oxygen atoms in total. The molecule has 0 spiro atoms. The number of rotatable bonds is 3. The van der Waals surface area contributed by atoms with Gasteiger partial charge in [0.15, 0.2) is 0 Å². The number of hydrogen-bond acceptors (Lipinski definition) is 3. The first-order chi connectivity index (χ1) is 7.29. The van der Waals surface area contributed by atoms with Crippen molar-refractivity contribution in [1.82, 2.24) is 14.5 Å². The van der Waals surface area contributed by atoms with Crippen LogP contribution in [0.1, 0.15) is 6.92 Å². The molecule has 0 aromatic carbocycles. The maximum atomic E-state index is 11.3. The second-order valence-corrected chi connectivity index (χ2v) is 3.80. The van der Waals surface area contributed by atoms with E-state index < -0.39 is 0 Å². The van der Waals surface area contributed by atoms with Gasteiger partial charge in [0.1, 0.15) is 0 Å². The highest BCUT2D eigenvalue weighted by Gasteiger charge is 2.19. The van der Waals surface area contributed by atoms with Crippen molar-refractivity contribution in [2.75, 3.05) is 26.2 Å². The second-order valence-electron chi connectivity index (χ2n) is 3.80. The van der Waals surface area contributed by atoms with E-state index in [1.165, 1.54) is 0 Å². The maximum absolute atomic E-state index is 11.3. The number of aromatic amines is 1. The van der Waals surface area contributed by atoms with E-state index in [1.54, 1.807) is 17.0 Å². The molecular formula is C10H17N3O2. The van der Waals surface area contributed by atoms with Crippen LogP contribution in [0, 0.1) is 0 Å². The lowest BCUT2D eigenvalue weighted by Gasteiger charge is -2.31. The van der Waals surface area contributed by atoms with Gasteiger partial charge in [-0.05, 0) is 6.54 Å². The average molecular weight is 211 g/mol. The van der Waals surface area contributed by atoms with Gasteiger partial charge in [-0.15, -0.1) is 0 Å². The first-order valence-corrected chi connectivity index (χ1v) is 5.37. The molecule has 1 aliphatic rings. The fourth-order valence-electron chi connectivity index (χ4n) is 1.89. The number of imidazole rings is 1. The molecule has 0 saturated carbocycles. The number of aromatic nitrogens is 2. The molecule has 1 saturated heterocycles. The number of ether oxygens (including phenoxy) is 1. The number of likely N-dealkylation sites (N-methyl/N-ethyl adjacent to an activating group) is 1. The summed E-state index contributed by atoms with van der Waals surface area (Å²) in [6.45, 7) is 6.49. The van der Waals surface area contributed by atoms with Crippen molar-refractivity contribution >= 4 is 0 Å². The van der Waals surface area contributed by atoms with Crippen molar-refractivity contribution in [2.24, 2.45) is 0 Å². The Morgan fingerprint density at radius 3 is 3.20 bits per heavy atom. The molecule has 5 heteroatoms. The molecule has 1 aromatic rings. The molecule has 1 aromatic heterocycles. The summed E-state index contributed by atoms with van der Waals surface area (Å²) < 4.78 is 7.28. The maximum Gasteiger partial charge on any atom is 0.325 e. The molecule has 0 amide bonds. The fourth-order valence-corrected chi connectivity index (χ4v) is 1.89. The van der Waals surface area contributed by atoms with Gasteiger partial charge in [-0.1, -0.05) is 6.92 Å². The van der Waals surface area contributed by atoms with Crippen LogP contribution in [0.3, 0.4) is 0 Å². The third kappa shape index (κ3) is 2.49. The molecule has 2 heterocycles. The van der Waals surface area contributed by atoms with Gasteiger partial charge in [0.05, 0.1) is 19.3 Å². The Morgan fingerprint density at radius 2 is 2.53 bits per heavy atom. The Balaban J connectivity index is 1.95. The molecule has 84 valence electrons. The van der Waals surface area contributed by atoms with Crippen LogP contribution in [-0.4, -0.2) is 46.8 Å². The zero-order valence-electron chi connectivity index (χ0n) is 8.98.